The second-order valence-electron chi connectivity index (χ2n) is 7.31. The smallest absolute Gasteiger partial charge is 0.244 e. The Labute approximate surface area is 194 Å². The van der Waals surface area contributed by atoms with Crippen LogP contribution >= 0.6 is 23.2 Å². The molecular formula is C22H28Cl2N2O4S. The largest absolute Gasteiger partial charge is 0.496 e. The highest BCUT2D eigenvalue weighted by Crippen LogP contribution is 2.30. The number of halogens is 2. The Hall–Kier alpha value is -1.96. The van der Waals surface area contributed by atoms with Gasteiger partial charge in [-0.3, -0.25) is 9.10 Å². The zero-order chi connectivity index (χ0) is 23.3. The minimum Gasteiger partial charge on any atom is -0.496 e. The number of methoxy groups -OCH3 is 1. The van der Waals surface area contributed by atoms with Crippen LogP contribution in [0.25, 0.3) is 0 Å². The van der Waals surface area contributed by atoms with Crippen LogP contribution in [0.4, 0.5) is 5.69 Å². The Kier molecular flexibility index (Phi) is 8.63. The summed E-state index contributed by atoms with van der Waals surface area (Å²) in [6.07, 6.45) is 1.96. The molecule has 31 heavy (non-hydrogen) atoms. The van der Waals surface area contributed by atoms with Crippen molar-refractivity contribution in [1.29, 1.82) is 0 Å². The monoisotopic (exact) mass is 486 g/mol. The average Bonchev–Trinajstić information content (AvgIpc) is 2.67. The number of rotatable bonds is 9. The zero-order valence-corrected chi connectivity index (χ0v) is 20.6. The predicted molar refractivity (Wildman–Crippen MR) is 127 cm³/mol. The van der Waals surface area contributed by atoms with Crippen molar-refractivity contribution in [1.82, 2.24) is 5.32 Å². The highest BCUT2D eigenvalue weighted by Gasteiger charge is 2.33. The van der Waals surface area contributed by atoms with E-state index in [0.29, 0.717) is 6.42 Å². The van der Waals surface area contributed by atoms with Crippen LogP contribution in [0.1, 0.15) is 43.9 Å². The summed E-state index contributed by atoms with van der Waals surface area (Å²) in [5, 5.41) is 3.57. The molecule has 170 valence electrons. The summed E-state index contributed by atoms with van der Waals surface area (Å²) in [4.78, 5) is 13.2. The van der Waals surface area contributed by atoms with Crippen molar-refractivity contribution in [3.05, 3.63) is 57.6 Å². The summed E-state index contributed by atoms with van der Waals surface area (Å²) >= 11 is 12.2. The van der Waals surface area contributed by atoms with Gasteiger partial charge in [0.15, 0.2) is 0 Å². The first kappa shape index (κ1) is 25.3. The lowest BCUT2D eigenvalue weighted by Crippen LogP contribution is -2.50. The van der Waals surface area contributed by atoms with Gasteiger partial charge in [-0.15, -0.1) is 0 Å². The average molecular weight is 487 g/mol. The normalized spacial score (nSPS) is 13.4. The van der Waals surface area contributed by atoms with Gasteiger partial charge in [0.05, 0.1) is 25.1 Å². The van der Waals surface area contributed by atoms with E-state index in [0.717, 1.165) is 27.4 Å². The fraction of sp³-hybridized carbons (Fsp3) is 0.409. The van der Waals surface area contributed by atoms with E-state index in [-0.39, 0.29) is 28.2 Å². The maximum atomic E-state index is 13.2. The van der Waals surface area contributed by atoms with E-state index in [1.807, 2.05) is 32.0 Å². The second kappa shape index (κ2) is 10.6. The molecule has 0 unspecified atom stereocenters. The van der Waals surface area contributed by atoms with Gasteiger partial charge in [0.25, 0.3) is 0 Å². The molecule has 0 radical (unpaired) electrons. The first-order chi connectivity index (χ1) is 14.5. The number of hydrogen-bond donors (Lipinski definition) is 1. The standard InChI is InChI=1S/C22H28Cl2N2O4S/c1-6-19(15-8-9-21(30-4)14(3)10-15)25-22(27)20(7-2)26(31(5,28)29)18-12-16(23)11-17(24)13-18/h8-13,19-20H,6-7H2,1-5H3,(H,25,27)/t19-,20+/m1/s1. The van der Waals surface area contributed by atoms with E-state index in [9.17, 15) is 13.2 Å². The number of aryl methyl sites for hydroxylation is 1. The van der Waals surface area contributed by atoms with Crippen molar-refractivity contribution in [2.45, 2.75) is 45.7 Å². The van der Waals surface area contributed by atoms with E-state index in [2.05, 4.69) is 5.32 Å². The van der Waals surface area contributed by atoms with Gasteiger partial charge in [0.1, 0.15) is 11.8 Å². The fourth-order valence-electron chi connectivity index (χ4n) is 3.53. The number of anilines is 1. The highest BCUT2D eigenvalue weighted by atomic mass is 35.5. The van der Waals surface area contributed by atoms with Gasteiger partial charge in [0, 0.05) is 10.0 Å². The molecule has 2 atom stereocenters. The van der Waals surface area contributed by atoms with Crippen molar-refractivity contribution >= 4 is 44.8 Å². The molecule has 2 aromatic rings. The lowest BCUT2D eigenvalue weighted by atomic mass is 10.0. The number of carbonyl (C=O) groups is 1. The summed E-state index contributed by atoms with van der Waals surface area (Å²) in [5.41, 5.74) is 2.11. The lowest BCUT2D eigenvalue weighted by molar-refractivity contribution is -0.123. The fourth-order valence-corrected chi connectivity index (χ4v) is 5.24. The van der Waals surface area contributed by atoms with E-state index in [1.165, 1.54) is 18.2 Å². The number of benzene rings is 2. The third-order valence-electron chi connectivity index (χ3n) is 4.98. The first-order valence-corrected chi connectivity index (χ1v) is 12.5. The van der Waals surface area contributed by atoms with E-state index < -0.39 is 22.0 Å². The molecule has 6 nitrogen and oxygen atoms in total. The number of hydrogen-bond acceptors (Lipinski definition) is 4. The molecule has 0 heterocycles. The minimum absolute atomic E-state index is 0.246. The van der Waals surface area contributed by atoms with Crippen LogP contribution in [-0.4, -0.2) is 33.7 Å². The molecule has 0 spiro atoms. The number of nitrogens with one attached hydrogen (secondary N) is 1. The molecule has 2 aromatic carbocycles. The van der Waals surface area contributed by atoms with E-state index >= 15 is 0 Å². The van der Waals surface area contributed by atoms with Crippen LogP contribution < -0.4 is 14.4 Å². The molecule has 1 amide bonds. The van der Waals surface area contributed by atoms with Crippen molar-refractivity contribution in [3.8, 4) is 5.75 Å². The molecule has 0 saturated carbocycles. The van der Waals surface area contributed by atoms with Crippen molar-refractivity contribution in [3.63, 3.8) is 0 Å². The summed E-state index contributed by atoms with van der Waals surface area (Å²) in [7, 11) is -2.19. The van der Waals surface area contributed by atoms with Crippen LogP contribution in [0.15, 0.2) is 36.4 Å². The van der Waals surface area contributed by atoms with Crippen molar-refractivity contribution in [2.75, 3.05) is 17.7 Å². The molecule has 0 aliphatic heterocycles. The molecule has 1 N–H and O–H groups in total. The second-order valence-corrected chi connectivity index (χ2v) is 10.0. The number of nitrogens with zero attached hydrogens (tertiary/aromatic N) is 1. The van der Waals surface area contributed by atoms with Gasteiger partial charge in [-0.25, -0.2) is 8.42 Å². The summed E-state index contributed by atoms with van der Waals surface area (Å²) in [5.74, 6) is 0.363. The Morgan fingerprint density at radius 1 is 1.10 bits per heavy atom. The van der Waals surface area contributed by atoms with Crippen LogP contribution in [0.5, 0.6) is 5.75 Å². The molecule has 0 aliphatic rings. The number of ether oxygens (including phenoxy) is 1. The summed E-state index contributed by atoms with van der Waals surface area (Å²) in [6, 6.07) is 8.93. The van der Waals surface area contributed by atoms with Crippen LogP contribution in [0.3, 0.4) is 0 Å². The van der Waals surface area contributed by atoms with Crippen LogP contribution in [-0.2, 0) is 14.8 Å². The predicted octanol–water partition coefficient (Wildman–Crippen LogP) is 5.12. The van der Waals surface area contributed by atoms with Crippen molar-refractivity contribution in [2.24, 2.45) is 0 Å². The van der Waals surface area contributed by atoms with Gasteiger partial charge < -0.3 is 10.1 Å². The number of carbonyl (C=O) groups excluding carboxylic acids is 1. The zero-order valence-electron chi connectivity index (χ0n) is 18.3. The van der Waals surface area contributed by atoms with E-state index in [1.54, 1.807) is 14.0 Å². The van der Waals surface area contributed by atoms with E-state index in [4.69, 9.17) is 27.9 Å². The molecule has 9 heteroatoms. The molecule has 0 bridgehead atoms. The number of amides is 1. The quantitative estimate of drug-likeness (QED) is 0.533. The Bertz CT molecular complexity index is 1020. The lowest BCUT2D eigenvalue weighted by Gasteiger charge is -2.31. The molecule has 2 rings (SSSR count). The maximum Gasteiger partial charge on any atom is 0.244 e. The topological polar surface area (TPSA) is 75.7 Å². The van der Waals surface area contributed by atoms with Crippen LogP contribution in [0, 0.1) is 6.92 Å². The minimum atomic E-state index is -3.79. The molecule has 0 aliphatic carbocycles. The van der Waals surface area contributed by atoms with Crippen LogP contribution in [0.2, 0.25) is 10.0 Å². The van der Waals surface area contributed by atoms with Gasteiger partial charge in [-0.05, 0) is 55.2 Å². The van der Waals surface area contributed by atoms with Gasteiger partial charge in [-0.2, -0.15) is 0 Å². The van der Waals surface area contributed by atoms with Gasteiger partial charge in [0.2, 0.25) is 15.9 Å². The molecule has 0 aromatic heterocycles. The Morgan fingerprint density at radius 2 is 1.71 bits per heavy atom. The third-order valence-corrected chi connectivity index (χ3v) is 6.59. The Morgan fingerprint density at radius 3 is 2.16 bits per heavy atom. The highest BCUT2D eigenvalue weighted by molar-refractivity contribution is 7.92. The number of sulfonamides is 1. The molecule has 0 fully saturated rings. The van der Waals surface area contributed by atoms with Gasteiger partial charge in [-0.1, -0.05) is 49.2 Å². The molecule has 0 saturated heterocycles. The van der Waals surface area contributed by atoms with Crippen molar-refractivity contribution < 1.29 is 17.9 Å². The van der Waals surface area contributed by atoms with Gasteiger partial charge >= 0.3 is 0 Å². The maximum absolute atomic E-state index is 13.2. The molecular weight excluding hydrogens is 459 g/mol. The third kappa shape index (κ3) is 6.28. The Balaban J connectivity index is 2.39. The first-order valence-electron chi connectivity index (χ1n) is 9.92. The summed E-state index contributed by atoms with van der Waals surface area (Å²) < 4.78 is 31.7. The SMILES string of the molecule is CC[C@@H](NC(=O)[C@H](CC)N(c1cc(Cl)cc(Cl)c1)S(C)(=O)=O)c1ccc(OC)c(C)c1. The summed E-state index contributed by atoms with van der Waals surface area (Å²) in [6.45, 7) is 5.64.